The molecule has 0 radical (unpaired) electrons. The first-order valence-corrected chi connectivity index (χ1v) is 5.35. The summed E-state index contributed by atoms with van der Waals surface area (Å²) in [7, 11) is 0. The van der Waals surface area contributed by atoms with Crippen LogP contribution in [-0.4, -0.2) is 17.3 Å². The fourth-order valence-corrected chi connectivity index (χ4v) is 2.00. The average molecular weight is 242 g/mol. The zero-order valence-corrected chi connectivity index (χ0v) is 9.17. The van der Waals surface area contributed by atoms with E-state index in [0.29, 0.717) is 18.5 Å². The van der Waals surface area contributed by atoms with Gasteiger partial charge in [0.1, 0.15) is 6.54 Å². The topological polar surface area (TPSA) is 30.9 Å². The fourth-order valence-electron chi connectivity index (χ4n) is 2.00. The Kier molecular flexibility index (Phi) is 3.11. The summed E-state index contributed by atoms with van der Waals surface area (Å²) in [5, 5.41) is 0.849. The van der Waals surface area contributed by atoms with Crippen molar-refractivity contribution >= 4 is 10.9 Å². The maximum absolute atomic E-state index is 12.4. The third-order valence-corrected chi connectivity index (χ3v) is 2.63. The maximum atomic E-state index is 12.4. The van der Waals surface area contributed by atoms with E-state index in [1.807, 2.05) is 12.1 Å². The van der Waals surface area contributed by atoms with Crippen LogP contribution in [0.25, 0.3) is 10.9 Å². The van der Waals surface area contributed by atoms with E-state index >= 15 is 0 Å². The Balaban J connectivity index is 2.48. The minimum atomic E-state index is -4.21. The largest absolute Gasteiger partial charge is 0.406 e. The van der Waals surface area contributed by atoms with E-state index in [9.17, 15) is 13.2 Å². The van der Waals surface area contributed by atoms with E-state index < -0.39 is 12.7 Å². The highest BCUT2D eigenvalue weighted by Gasteiger charge is 2.28. The van der Waals surface area contributed by atoms with E-state index in [1.54, 1.807) is 18.3 Å². The summed E-state index contributed by atoms with van der Waals surface area (Å²) >= 11 is 0. The predicted molar refractivity (Wildman–Crippen MR) is 60.8 cm³/mol. The van der Waals surface area contributed by atoms with Crippen molar-refractivity contribution in [3.05, 3.63) is 36.0 Å². The number of fused-ring (bicyclic) bond motifs is 1. The summed E-state index contributed by atoms with van der Waals surface area (Å²) in [6.07, 6.45) is -2.07. The number of halogens is 3. The Labute approximate surface area is 96.8 Å². The fraction of sp³-hybridized carbons (Fsp3) is 0.333. The van der Waals surface area contributed by atoms with Gasteiger partial charge in [-0.2, -0.15) is 13.2 Å². The molecule has 2 nitrogen and oxygen atoms in total. The Morgan fingerprint density at radius 2 is 1.88 bits per heavy atom. The van der Waals surface area contributed by atoms with Gasteiger partial charge < -0.3 is 10.3 Å². The first kappa shape index (κ1) is 12.0. The molecule has 0 unspecified atom stereocenters. The second kappa shape index (κ2) is 4.41. The number of rotatable bonds is 3. The second-order valence-corrected chi connectivity index (χ2v) is 3.95. The van der Waals surface area contributed by atoms with Crippen molar-refractivity contribution in [1.29, 1.82) is 0 Å². The molecule has 5 heteroatoms. The molecular weight excluding hydrogens is 229 g/mol. The maximum Gasteiger partial charge on any atom is 0.406 e. The summed E-state index contributed by atoms with van der Waals surface area (Å²) in [6, 6.07) is 7.08. The number of nitrogens with zero attached hydrogens (tertiary/aromatic N) is 1. The molecule has 0 aliphatic rings. The quantitative estimate of drug-likeness (QED) is 0.881. The summed E-state index contributed by atoms with van der Waals surface area (Å²) < 4.78 is 38.5. The molecule has 1 aromatic carbocycles. The van der Waals surface area contributed by atoms with Gasteiger partial charge >= 0.3 is 6.18 Å². The summed E-state index contributed by atoms with van der Waals surface area (Å²) in [4.78, 5) is 0. The van der Waals surface area contributed by atoms with Gasteiger partial charge in [-0.1, -0.05) is 18.2 Å². The van der Waals surface area contributed by atoms with Crippen molar-refractivity contribution in [3.8, 4) is 0 Å². The molecule has 17 heavy (non-hydrogen) atoms. The van der Waals surface area contributed by atoms with Crippen molar-refractivity contribution in [2.45, 2.75) is 19.1 Å². The lowest BCUT2D eigenvalue weighted by Gasteiger charge is -2.08. The summed E-state index contributed by atoms with van der Waals surface area (Å²) in [5.41, 5.74) is 6.93. The lowest BCUT2D eigenvalue weighted by molar-refractivity contribution is -0.139. The smallest absolute Gasteiger partial charge is 0.338 e. The van der Waals surface area contributed by atoms with Gasteiger partial charge in [-0.05, 0) is 24.6 Å². The van der Waals surface area contributed by atoms with Gasteiger partial charge in [0.2, 0.25) is 0 Å². The SMILES string of the molecule is NCCc1cn(CC(F)(F)F)c2ccccc12. The second-order valence-electron chi connectivity index (χ2n) is 3.95. The van der Waals surface area contributed by atoms with E-state index in [-0.39, 0.29) is 0 Å². The van der Waals surface area contributed by atoms with Crippen LogP contribution in [0.5, 0.6) is 0 Å². The molecular formula is C12H13F3N2. The predicted octanol–water partition coefficient (Wildman–Crippen LogP) is 2.70. The van der Waals surface area contributed by atoms with Crippen molar-refractivity contribution in [3.63, 3.8) is 0 Å². The van der Waals surface area contributed by atoms with E-state index in [4.69, 9.17) is 5.73 Å². The molecule has 0 bridgehead atoms. The molecule has 2 rings (SSSR count). The van der Waals surface area contributed by atoms with Crippen LogP contribution in [0.15, 0.2) is 30.5 Å². The van der Waals surface area contributed by atoms with Gasteiger partial charge in [-0.3, -0.25) is 0 Å². The summed E-state index contributed by atoms with van der Waals surface area (Å²) in [6.45, 7) is -0.530. The molecule has 92 valence electrons. The highest BCUT2D eigenvalue weighted by molar-refractivity contribution is 5.84. The molecule has 0 aliphatic heterocycles. The third-order valence-electron chi connectivity index (χ3n) is 2.63. The number of hydrogen-bond acceptors (Lipinski definition) is 1. The lowest BCUT2D eigenvalue weighted by Crippen LogP contribution is -2.16. The number of alkyl halides is 3. The number of hydrogen-bond donors (Lipinski definition) is 1. The number of benzene rings is 1. The molecule has 1 heterocycles. The van der Waals surface area contributed by atoms with Crippen LogP contribution in [-0.2, 0) is 13.0 Å². The standard InChI is InChI=1S/C12H13F3N2/c13-12(14,15)8-17-7-9(5-6-16)10-3-1-2-4-11(10)17/h1-4,7H,5-6,8,16H2. The zero-order valence-electron chi connectivity index (χ0n) is 9.17. The van der Waals surface area contributed by atoms with Gasteiger partial charge in [0.25, 0.3) is 0 Å². The van der Waals surface area contributed by atoms with Crippen LogP contribution >= 0.6 is 0 Å². The Bertz CT molecular complexity index is 514. The number of aromatic nitrogens is 1. The van der Waals surface area contributed by atoms with E-state index in [0.717, 1.165) is 10.9 Å². The first-order valence-electron chi connectivity index (χ1n) is 5.35. The van der Waals surface area contributed by atoms with Crippen molar-refractivity contribution in [1.82, 2.24) is 4.57 Å². The molecule has 0 amide bonds. The Morgan fingerprint density at radius 3 is 2.53 bits per heavy atom. The molecule has 0 aliphatic carbocycles. The molecule has 2 N–H and O–H groups in total. The first-order chi connectivity index (χ1) is 8.01. The van der Waals surface area contributed by atoms with Crippen LogP contribution < -0.4 is 5.73 Å². The van der Waals surface area contributed by atoms with Gasteiger partial charge in [0, 0.05) is 17.1 Å². The van der Waals surface area contributed by atoms with Crippen LogP contribution in [0.3, 0.4) is 0 Å². The van der Waals surface area contributed by atoms with Gasteiger partial charge in [-0.25, -0.2) is 0 Å². The van der Waals surface area contributed by atoms with Crippen LogP contribution in [0.1, 0.15) is 5.56 Å². The zero-order chi connectivity index (χ0) is 12.5. The van der Waals surface area contributed by atoms with E-state index in [1.165, 1.54) is 4.57 Å². The minimum Gasteiger partial charge on any atom is -0.338 e. The highest BCUT2D eigenvalue weighted by Crippen LogP contribution is 2.25. The Hall–Kier alpha value is -1.49. The molecule has 1 aromatic heterocycles. The third kappa shape index (κ3) is 2.61. The van der Waals surface area contributed by atoms with E-state index in [2.05, 4.69) is 0 Å². The number of nitrogens with two attached hydrogens (primary N) is 1. The van der Waals surface area contributed by atoms with Crippen molar-refractivity contribution in [2.75, 3.05) is 6.54 Å². The Morgan fingerprint density at radius 1 is 1.18 bits per heavy atom. The monoisotopic (exact) mass is 242 g/mol. The molecule has 2 aromatic rings. The molecule has 0 saturated carbocycles. The van der Waals surface area contributed by atoms with Gasteiger partial charge in [0.05, 0.1) is 0 Å². The molecule has 0 spiro atoms. The van der Waals surface area contributed by atoms with Gasteiger partial charge in [0.15, 0.2) is 0 Å². The average Bonchev–Trinajstić information content (AvgIpc) is 2.56. The normalized spacial score (nSPS) is 12.2. The molecule has 0 atom stereocenters. The molecule has 0 fully saturated rings. The van der Waals surface area contributed by atoms with Crippen LogP contribution in [0, 0.1) is 0 Å². The minimum absolute atomic E-state index is 0.431. The van der Waals surface area contributed by atoms with Crippen molar-refractivity contribution in [2.24, 2.45) is 5.73 Å². The number of para-hydroxylation sites is 1. The van der Waals surface area contributed by atoms with Crippen LogP contribution in [0.4, 0.5) is 13.2 Å². The van der Waals surface area contributed by atoms with Crippen LogP contribution in [0.2, 0.25) is 0 Å². The van der Waals surface area contributed by atoms with Gasteiger partial charge in [-0.15, -0.1) is 0 Å². The van der Waals surface area contributed by atoms with Crippen molar-refractivity contribution < 1.29 is 13.2 Å². The highest BCUT2D eigenvalue weighted by atomic mass is 19.4. The summed E-state index contributed by atoms with van der Waals surface area (Å²) in [5.74, 6) is 0. The molecule has 0 saturated heterocycles. The lowest BCUT2D eigenvalue weighted by atomic mass is 10.1.